The molecule has 0 aliphatic rings. The van der Waals surface area contributed by atoms with Crippen LogP contribution >= 0.6 is 23.2 Å². The highest BCUT2D eigenvalue weighted by atomic mass is 35.5. The molecular formula is C25H27Cl2N3O3. The van der Waals surface area contributed by atoms with Gasteiger partial charge < -0.3 is 10.0 Å². The van der Waals surface area contributed by atoms with Crippen molar-refractivity contribution in [3.63, 3.8) is 0 Å². The maximum atomic E-state index is 12.8. The molecule has 0 radical (unpaired) electrons. The van der Waals surface area contributed by atoms with Crippen LogP contribution in [0, 0.1) is 0 Å². The number of nitrogens with zero attached hydrogens (tertiary/aromatic N) is 3. The first-order valence-electron chi connectivity index (χ1n) is 10.6. The lowest BCUT2D eigenvalue weighted by molar-refractivity contribution is 0.103. The Hall–Kier alpha value is -2.67. The second-order valence-corrected chi connectivity index (χ2v) is 9.58. The van der Waals surface area contributed by atoms with Crippen LogP contribution in [0.1, 0.15) is 48.7 Å². The average Bonchev–Trinajstić information content (AvgIpc) is 2.78. The van der Waals surface area contributed by atoms with Crippen LogP contribution < -0.4 is 10.5 Å². The van der Waals surface area contributed by atoms with E-state index in [0.29, 0.717) is 41.3 Å². The van der Waals surface area contributed by atoms with Crippen LogP contribution in [0.4, 0.5) is 5.69 Å². The molecule has 3 rings (SSSR count). The smallest absolute Gasteiger partial charge is 0.288 e. The minimum absolute atomic E-state index is 0.00906. The van der Waals surface area contributed by atoms with E-state index < -0.39 is 5.54 Å². The number of anilines is 1. The van der Waals surface area contributed by atoms with Crippen molar-refractivity contribution in [1.29, 1.82) is 0 Å². The first kappa shape index (κ1) is 25.0. The van der Waals surface area contributed by atoms with Crippen LogP contribution in [-0.4, -0.2) is 33.8 Å². The zero-order chi connectivity index (χ0) is 24.2. The number of carbonyl (C=O) groups is 1. The van der Waals surface area contributed by atoms with Gasteiger partial charge in [-0.15, -0.1) is 0 Å². The van der Waals surface area contributed by atoms with Crippen molar-refractivity contribution in [2.75, 3.05) is 18.1 Å². The van der Waals surface area contributed by atoms with Gasteiger partial charge in [-0.3, -0.25) is 9.59 Å². The number of halogens is 2. The Morgan fingerprint density at radius 1 is 1.03 bits per heavy atom. The molecule has 1 heterocycles. The van der Waals surface area contributed by atoms with Crippen LogP contribution in [0.3, 0.4) is 0 Å². The third kappa shape index (κ3) is 6.02. The predicted octanol–water partition coefficient (Wildman–Crippen LogP) is 4.93. The van der Waals surface area contributed by atoms with Crippen LogP contribution in [0.15, 0.2) is 59.5 Å². The third-order valence-electron chi connectivity index (χ3n) is 5.16. The van der Waals surface area contributed by atoms with Crippen molar-refractivity contribution in [2.24, 2.45) is 0 Å². The molecule has 174 valence electrons. The molecule has 33 heavy (non-hydrogen) atoms. The quantitative estimate of drug-likeness (QED) is 0.456. The SMILES string of the molecule is CC(C)(C)n1ncc(N(CCCO)Cc2ccc(C(=O)c3ccc(Cl)cc3)cc2)c(Cl)c1=O. The Labute approximate surface area is 203 Å². The summed E-state index contributed by atoms with van der Waals surface area (Å²) in [5.74, 6) is -0.0895. The van der Waals surface area contributed by atoms with Crippen LogP contribution in [-0.2, 0) is 12.1 Å². The number of benzene rings is 2. The number of carbonyl (C=O) groups excluding carboxylic acids is 1. The normalized spacial score (nSPS) is 11.5. The number of hydrogen-bond donors (Lipinski definition) is 1. The van der Waals surface area contributed by atoms with Gasteiger partial charge in [-0.2, -0.15) is 5.10 Å². The Balaban J connectivity index is 1.85. The summed E-state index contributed by atoms with van der Waals surface area (Å²) in [5, 5.41) is 14.3. The van der Waals surface area contributed by atoms with Crippen LogP contribution in [0.25, 0.3) is 0 Å². The summed E-state index contributed by atoms with van der Waals surface area (Å²) in [7, 11) is 0. The minimum Gasteiger partial charge on any atom is -0.396 e. The molecular weight excluding hydrogens is 461 g/mol. The van der Waals surface area contributed by atoms with E-state index in [1.165, 1.54) is 4.68 Å². The molecule has 6 nitrogen and oxygen atoms in total. The Morgan fingerprint density at radius 2 is 1.61 bits per heavy atom. The van der Waals surface area contributed by atoms with Gasteiger partial charge in [-0.05, 0) is 57.0 Å². The van der Waals surface area contributed by atoms with Crippen LogP contribution in [0.5, 0.6) is 0 Å². The van der Waals surface area contributed by atoms with E-state index in [2.05, 4.69) is 5.10 Å². The van der Waals surface area contributed by atoms with E-state index in [0.717, 1.165) is 5.56 Å². The first-order chi connectivity index (χ1) is 15.6. The van der Waals surface area contributed by atoms with E-state index in [1.807, 2.05) is 37.8 Å². The Morgan fingerprint density at radius 3 is 2.15 bits per heavy atom. The molecule has 0 bridgehead atoms. The second-order valence-electron chi connectivity index (χ2n) is 8.76. The number of aliphatic hydroxyl groups excluding tert-OH is 1. The van der Waals surface area contributed by atoms with Gasteiger partial charge in [0.25, 0.3) is 5.56 Å². The fourth-order valence-corrected chi connectivity index (χ4v) is 3.79. The van der Waals surface area contributed by atoms with Crippen molar-refractivity contribution in [2.45, 2.75) is 39.3 Å². The summed E-state index contributed by atoms with van der Waals surface area (Å²) in [6.45, 7) is 6.59. The highest BCUT2D eigenvalue weighted by Crippen LogP contribution is 2.25. The fourth-order valence-electron chi connectivity index (χ4n) is 3.42. The van der Waals surface area contributed by atoms with E-state index in [9.17, 15) is 14.7 Å². The van der Waals surface area contributed by atoms with Gasteiger partial charge in [-0.1, -0.05) is 47.5 Å². The summed E-state index contributed by atoms with van der Waals surface area (Å²) in [6.07, 6.45) is 2.09. The molecule has 0 fully saturated rings. The van der Waals surface area contributed by atoms with Gasteiger partial charge in [0.05, 0.1) is 17.4 Å². The summed E-state index contributed by atoms with van der Waals surface area (Å²) in [4.78, 5) is 27.4. The molecule has 0 unspecified atom stereocenters. The predicted molar refractivity (Wildman–Crippen MR) is 133 cm³/mol. The highest BCUT2D eigenvalue weighted by Gasteiger charge is 2.22. The van der Waals surface area contributed by atoms with Crippen LogP contribution in [0.2, 0.25) is 10.0 Å². The van der Waals surface area contributed by atoms with E-state index >= 15 is 0 Å². The molecule has 0 saturated carbocycles. The van der Waals surface area contributed by atoms with E-state index in [-0.39, 0.29) is 23.0 Å². The maximum absolute atomic E-state index is 12.8. The van der Waals surface area contributed by atoms with E-state index in [1.54, 1.807) is 42.6 Å². The van der Waals surface area contributed by atoms with Crippen molar-refractivity contribution in [3.8, 4) is 0 Å². The van der Waals surface area contributed by atoms with Crippen molar-refractivity contribution in [3.05, 3.63) is 91.8 Å². The number of aliphatic hydroxyl groups is 1. The number of hydrogen-bond acceptors (Lipinski definition) is 5. The minimum atomic E-state index is -0.498. The van der Waals surface area contributed by atoms with Crippen molar-refractivity contribution in [1.82, 2.24) is 9.78 Å². The van der Waals surface area contributed by atoms with Gasteiger partial charge in [0.1, 0.15) is 5.02 Å². The second kappa shape index (κ2) is 10.5. The largest absolute Gasteiger partial charge is 0.396 e. The third-order valence-corrected chi connectivity index (χ3v) is 5.77. The lowest BCUT2D eigenvalue weighted by atomic mass is 10.0. The van der Waals surface area contributed by atoms with Gasteiger partial charge in [0.15, 0.2) is 5.78 Å². The Bertz CT molecular complexity index is 1170. The molecule has 2 aromatic carbocycles. The van der Waals surface area contributed by atoms with Gasteiger partial charge in [-0.25, -0.2) is 4.68 Å². The fraction of sp³-hybridized carbons (Fsp3) is 0.320. The molecule has 0 atom stereocenters. The van der Waals surface area contributed by atoms with E-state index in [4.69, 9.17) is 23.2 Å². The summed E-state index contributed by atoms with van der Waals surface area (Å²) in [6, 6.07) is 14.1. The molecule has 8 heteroatoms. The van der Waals surface area contributed by atoms with Crippen molar-refractivity contribution < 1.29 is 9.90 Å². The lowest BCUT2D eigenvalue weighted by Gasteiger charge is -2.27. The number of aromatic nitrogens is 2. The molecule has 1 N–H and O–H groups in total. The Kier molecular flexibility index (Phi) is 7.95. The zero-order valence-electron chi connectivity index (χ0n) is 18.9. The molecule has 0 aliphatic carbocycles. The van der Waals surface area contributed by atoms with Crippen molar-refractivity contribution >= 4 is 34.7 Å². The van der Waals surface area contributed by atoms with Gasteiger partial charge in [0.2, 0.25) is 0 Å². The molecule has 0 spiro atoms. The monoisotopic (exact) mass is 487 g/mol. The average molecular weight is 488 g/mol. The molecule has 3 aromatic rings. The molecule has 0 aliphatic heterocycles. The molecule has 1 aromatic heterocycles. The highest BCUT2D eigenvalue weighted by molar-refractivity contribution is 6.33. The first-order valence-corrected chi connectivity index (χ1v) is 11.4. The summed E-state index contributed by atoms with van der Waals surface area (Å²) in [5.41, 5.74) is 1.71. The standard InChI is InChI=1S/C25H27Cl2N3O3/c1-25(2,3)30-24(33)22(27)21(15-28-30)29(13-4-14-31)16-17-5-7-18(8-6-17)23(32)19-9-11-20(26)12-10-19/h5-12,15,31H,4,13-14,16H2,1-3H3. The lowest BCUT2D eigenvalue weighted by Crippen LogP contribution is -2.37. The summed E-state index contributed by atoms with van der Waals surface area (Å²) < 4.78 is 1.36. The molecule has 0 saturated heterocycles. The van der Waals surface area contributed by atoms with Gasteiger partial charge in [0, 0.05) is 35.8 Å². The maximum Gasteiger partial charge on any atom is 0.288 e. The topological polar surface area (TPSA) is 75.4 Å². The summed E-state index contributed by atoms with van der Waals surface area (Å²) >= 11 is 12.4. The zero-order valence-corrected chi connectivity index (χ0v) is 20.4. The number of ketones is 1. The molecule has 0 amide bonds. The van der Waals surface area contributed by atoms with Gasteiger partial charge >= 0.3 is 0 Å². The number of rotatable bonds is 8.